The number of allylic oxidation sites excluding steroid dienone is 1. The molecule has 9 heteroatoms. The van der Waals surface area contributed by atoms with Crippen molar-refractivity contribution in [2.75, 3.05) is 12.4 Å². The summed E-state index contributed by atoms with van der Waals surface area (Å²) < 4.78 is 5.60. The number of benzene rings is 1. The highest BCUT2D eigenvalue weighted by molar-refractivity contribution is 6.09. The molecular weight excluding hydrogens is 444 g/mol. The van der Waals surface area contributed by atoms with Crippen LogP contribution in [0.5, 0.6) is 5.88 Å². The van der Waals surface area contributed by atoms with Gasteiger partial charge in [-0.1, -0.05) is 30.3 Å². The molecule has 0 amide bonds. The summed E-state index contributed by atoms with van der Waals surface area (Å²) in [6, 6.07) is 11.4. The van der Waals surface area contributed by atoms with E-state index >= 15 is 0 Å². The van der Waals surface area contributed by atoms with Crippen molar-refractivity contribution in [2.45, 2.75) is 38.2 Å². The van der Waals surface area contributed by atoms with Crippen LogP contribution in [0, 0.1) is 5.41 Å². The van der Waals surface area contributed by atoms with Crippen molar-refractivity contribution >= 4 is 23.6 Å². The number of aliphatic carboxylic acids is 1. The molecule has 0 radical (unpaired) electrons. The summed E-state index contributed by atoms with van der Waals surface area (Å²) in [5.41, 5.74) is 3.10. The molecule has 1 aliphatic carbocycles. The number of nitrogens with zero attached hydrogens (tertiary/aromatic N) is 3. The SMILES string of the molecule is CN/C(Nc1cncc(OC(C)C)n1)=C(\C=N)c1ccc(-c2ccc(C3(C(=O)O)CC3)cc2)cn1. The van der Waals surface area contributed by atoms with Crippen LogP contribution in [-0.4, -0.2) is 45.4 Å². The summed E-state index contributed by atoms with van der Waals surface area (Å²) in [6.45, 7) is 3.83. The van der Waals surface area contributed by atoms with E-state index in [0.29, 0.717) is 41.6 Å². The first-order valence-electron chi connectivity index (χ1n) is 11.4. The zero-order valence-electron chi connectivity index (χ0n) is 19.9. The monoisotopic (exact) mass is 472 g/mol. The van der Waals surface area contributed by atoms with Crippen molar-refractivity contribution in [3.63, 3.8) is 0 Å². The number of aromatic nitrogens is 3. The summed E-state index contributed by atoms with van der Waals surface area (Å²) in [5.74, 6) is 0.657. The molecule has 0 aliphatic heterocycles. The fraction of sp³-hybridized carbons (Fsp3) is 0.269. The normalized spacial score (nSPS) is 14.6. The molecule has 1 aromatic carbocycles. The maximum atomic E-state index is 11.6. The largest absolute Gasteiger partial charge is 0.481 e. The second kappa shape index (κ2) is 9.92. The van der Waals surface area contributed by atoms with Gasteiger partial charge in [0, 0.05) is 25.0 Å². The number of carbonyl (C=O) groups is 1. The minimum atomic E-state index is -0.763. The van der Waals surface area contributed by atoms with E-state index in [1.165, 1.54) is 6.21 Å². The molecule has 1 aliphatic rings. The number of hydrogen-bond acceptors (Lipinski definition) is 8. The number of anilines is 1. The summed E-state index contributed by atoms with van der Waals surface area (Å²) in [4.78, 5) is 24.7. The van der Waals surface area contributed by atoms with Gasteiger partial charge in [-0.2, -0.15) is 4.98 Å². The number of ether oxygens (including phenoxy) is 1. The van der Waals surface area contributed by atoms with E-state index in [9.17, 15) is 9.90 Å². The van der Waals surface area contributed by atoms with E-state index in [1.807, 2.05) is 50.2 Å². The van der Waals surface area contributed by atoms with Crippen LogP contribution < -0.4 is 15.4 Å². The van der Waals surface area contributed by atoms with Gasteiger partial charge in [0.05, 0.1) is 35.2 Å². The lowest BCUT2D eigenvalue weighted by Gasteiger charge is -2.15. The first-order chi connectivity index (χ1) is 16.9. The molecule has 0 unspecified atom stereocenters. The molecular formula is C26H28N6O3. The summed E-state index contributed by atoms with van der Waals surface area (Å²) >= 11 is 0. The van der Waals surface area contributed by atoms with Gasteiger partial charge in [-0.15, -0.1) is 0 Å². The molecule has 2 aromatic heterocycles. The van der Waals surface area contributed by atoms with Crippen LogP contribution in [0.15, 0.2) is 60.8 Å². The van der Waals surface area contributed by atoms with Crippen molar-refractivity contribution in [1.82, 2.24) is 20.3 Å². The number of carboxylic acid groups (broad SMARTS) is 1. The number of rotatable bonds is 10. The summed E-state index contributed by atoms with van der Waals surface area (Å²) in [7, 11) is 1.74. The predicted molar refractivity (Wildman–Crippen MR) is 134 cm³/mol. The molecule has 4 rings (SSSR count). The highest BCUT2D eigenvalue weighted by Gasteiger charge is 2.51. The Morgan fingerprint density at radius 2 is 1.83 bits per heavy atom. The van der Waals surface area contributed by atoms with Crippen molar-refractivity contribution < 1.29 is 14.6 Å². The van der Waals surface area contributed by atoms with Crippen LogP contribution >= 0.6 is 0 Å². The third-order valence-corrected chi connectivity index (χ3v) is 5.86. The van der Waals surface area contributed by atoms with Crippen LogP contribution in [0.1, 0.15) is 37.9 Å². The molecule has 35 heavy (non-hydrogen) atoms. The predicted octanol–water partition coefficient (Wildman–Crippen LogP) is 4.09. The Bertz CT molecular complexity index is 1250. The van der Waals surface area contributed by atoms with Gasteiger partial charge in [-0.3, -0.25) is 14.8 Å². The molecule has 4 N–H and O–H groups in total. The Morgan fingerprint density at radius 1 is 1.11 bits per heavy atom. The van der Waals surface area contributed by atoms with Crippen LogP contribution in [0.4, 0.5) is 5.82 Å². The third kappa shape index (κ3) is 5.13. The van der Waals surface area contributed by atoms with Gasteiger partial charge in [0.15, 0.2) is 5.82 Å². The smallest absolute Gasteiger partial charge is 0.314 e. The van der Waals surface area contributed by atoms with Gasteiger partial charge >= 0.3 is 5.97 Å². The average Bonchev–Trinajstić information content (AvgIpc) is 3.67. The highest BCUT2D eigenvalue weighted by atomic mass is 16.5. The first-order valence-corrected chi connectivity index (χ1v) is 11.4. The Balaban J connectivity index is 1.55. The number of carboxylic acids is 1. The van der Waals surface area contributed by atoms with E-state index in [-0.39, 0.29) is 6.10 Å². The molecule has 1 fully saturated rings. The Kier molecular flexibility index (Phi) is 6.77. The van der Waals surface area contributed by atoms with E-state index in [2.05, 4.69) is 25.6 Å². The topological polar surface area (TPSA) is 133 Å². The van der Waals surface area contributed by atoms with E-state index < -0.39 is 11.4 Å². The zero-order chi connectivity index (χ0) is 25.0. The summed E-state index contributed by atoms with van der Waals surface area (Å²) in [6.07, 6.45) is 7.41. The Morgan fingerprint density at radius 3 is 2.37 bits per heavy atom. The van der Waals surface area contributed by atoms with Crippen LogP contribution in [-0.2, 0) is 10.2 Å². The third-order valence-electron chi connectivity index (χ3n) is 5.86. The lowest BCUT2D eigenvalue weighted by Crippen LogP contribution is -2.19. The number of nitrogens with one attached hydrogen (secondary N) is 3. The lowest BCUT2D eigenvalue weighted by atomic mass is 9.94. The second-order valence-corrected chi connectivity index (χ2v) is 8.61. The lowest BCUT2D eigenvalue weighted by molar-refractivity contribution is -0.140. The number of pyridine rings is 1. The zero-order valence-corrected chi connectivity index (χ0v) is 19.9. The molecule has 0 saturated heterocycles. The summed E-state index contributed by atoms with van der Waals surface area (Å²) in [5, 5.41) is 23.7. The fourth-order valence-electron chi connectivity index (χ4n) is 3.83. The second-order valence-electron chi connectivity index (χ2n) is 8.61. The minimum Gasteiger partial charge on any atom is -0.481 e. The maximum absolute atomic E-state index is 11.6. The quantitative estimate of drug-likeness (QED) is 0.324. The highest BCUT2D eigenvalue weighted by Crippen LogP contribution is 2.48. The molecule has 1 saturated carbocycles. The van der Waals surface area contributed by atoms with Gasteiger partial charge < -0.3 is 25.9 Å². The molecule has 0 spiro atoms. The standard InChI is InChI=1S/C26H28N6O3/c1-16(2)35-23-15-29-14-22(31-23)32-24(28-3)20(12-27)21-9-6-18(13-30-21)17-4-7-19(8-5-17)26(10-11-26)25(33)34/h4-9,12-16,27-28H,10-11H2,1-3H3,(H,31,32)(H,33,34)/b24-20-,27-12?. The maximum Gasteiger partial charge on any atom is 0.314 e. The molecule has 2 heterocycles. The van der Waals surface area contributed by atoms with Crippen LogP contribution in [0.25, 0.3) is 16.7 Å². The van der Waals surface area contributed by atoms with Crippen molar-refractivity contribution in [3.05, 3.63) is 72.1 Å². The van der Waals surface area contributed by atoms with E-state index in [4.69, 9.17) is 10.1 Å². The van der Waals surface area contributed by atoms with Crippen LogP contribution in [0.3, 0.4) is 0 Å². The van der Waals surface area contributed by atoms with Gasteiger partial charge in [0.25, 0.3) is 0 Å². The molecule has 180 valence electrons. The van der Waals surface area contributed by atoms with Gasteiger partial charge in [-0.25, -0.2) is 0 Å². The Hall–Kier alpha value is -4.27. The fourth-order valence-corrected chi connectivity index (χ4v) is 3.83. The molecule has 0 atom stereocenters. The Labute approximate surface area is 203 Å². The molecule has 9 nitrogen and oxygen atoms in total. The van der Waals surface area contributed by atoms with Crippen molar-refractivity contribution in [3.8, 4) is 17.0 Å². The van der Waals surface area contributed by atoms with Gasteiger partial charge in [-0.05, 0) is 43.9 Å². The van der Waals surface area contributed by atoms with Gasteiger partial charge in [0.1, 0.15) is 5.82 Å². The van der Waals surface area contributed by atoms with E-state index in [0.717, 1.165) is 16.7 Å². The minimum absolute atomic E-state index is 0.0260. The number of hydrogen-bond donors (Lipinski definition) is 4. The average molecular weight is 473 g/mol. The molecule has 3 aromatic rings. The van der Waals surface area contributed by atoms with Gasteiger partial charge in [0.2, 0.25) is 5.88 Å². The van der Waals surface area contributed by atoms with Crippen LogP contribution in [0.2, 0.25) is 0 Å². The first kappa shape index (κ1) is 23.9. The van der Waals surface area contributed by atoms with Crippen molar-refractivity contribution in [2.24, 2.45) is 0 Å². The molecule has 0 bridgehead atoms. The van der Waals surface area contributed by atoms with E-state index in [1.54, 1.807) is 25.6 Å². The van der Waals surface area contributed by atoms with Crippen molar-refractivity contribution in [1.29, 1.82) is 5.41 Å².